The quantitative estimate of drug-likeness (QED) is 0.237. The summed E-state index contributed by atoms with van der Waals surface area (Å²) in [6, 6.07) is 20.8. The number of nitrogens with zero attached hydrogens (tertiary/aromatic N) is 2. The van der Waals surface area contributed by atoms with E-state index in [-0.39, 0.29) is 0 Å². The van der Waals surface area contributed by atoms with Crippen LogP contribution in [0.5, 0.6) is 0 Å². The van der Waals surface area contributed by atoms with E-state index in [1.165, 1.54) is 0 Å². The highest BCUT2D eigenvalue weighted by molar-refractivity contribution is 6.14. The fourth-order valence-electron chi connectivity index (χ4n) is 4.09. The van der Waals surface area contributed by atoms with Crippen molar-refractivity contribution in [1.29, 1.82) is 0 Å². The molecule has 3 nitrogen and oxygen atoms in total. The molecule has 0 radical (unpaired) electrons. The van der Waals surface area contributed by atoms with Gasteiger partial charge in [-0.15, -0.1) is 0 Å². The van der Waals surface area contributed by atoms with Crippen LogP contribution in [0, 0.1) is 20.4 Å². The highest BCUT2D eigenvalue weighted by atomic mass is 16.3. The molecule has 2 aromatic heterocycles. The van der Waals surface area contributed by atoms with Crippen molar-refractivity contribution in [2.24, 2.45) is 7.05 Å². The maximum Gasteiger partial charge on any atom is 0.230 e. The lowest BCUT2D eigenvalue weighted by Gasteiger charge is -2.06. The Kier molecular flexibility index (Phi) is 3.89. The summed E-state index contributed by atoms with van der Waals surface area (Å²) in [6.45, 7) is 11.8. The minimum Gasteiger partial charge on any atom is -0.466 e. The Morgan fingerprint density at radius 2 is 1.73 bits per heavy atom. The minimum absolute atomic E-state index is 0.503. The summed E-state index contributed by atoms with van der Waals surface area (Å²) in [5, 5.41) is 1.94. The first-order chi connectivity index (χ1) is 15.0. The molecule has 0 aliphatic carbocycles. The first kappa shape index (κ1) is 17.0. The summed E-state index contributed by atoms with van der Waals surface area (Å²) in [6.07, 6.45) is 1.82. The number of hydrogen-bond acceptors (Lipinski definition) is 1. The molecule has 0 saturated carbocycles. The van der Waals surface area contributed by atoms with Crippen molar-refractivity contribution >= 4 is 27.6 Å². The second-order valence-corrected chi connectivity index (χ2v) is 7.68. The van der Waals surface area contributed by atoms with Crippen LogP contribution in [0.4, 0.5) is 5.69 Å². The molecule has 0 spiro atoms. The van der Waals surface area contributed by atoms with E-state index in [0.29, 0.717) is 17.3 Å². The number of aromatic nitrogens is 1. The number of rotatable bonds is 2. The van der Waals surface area contributed by atoms with Crippen LogP contribution in [0.1, 0.15) is 12.5 Å². The summed E-state index contributed by atoms with van der Waals surface area (Å²) in [4.78, 5) is 3.77. The first-order valence-electron chi connectivity index (χ1n) is 10.4. The van der Waals surface area contributed by atoms with Crippen molar-refractivity contribution < 1.29 is 10.4 Å². The predicted molar refractivity (Wildman–Crippen MR) is 122 cm³/mol. The SMILES string of the molecule is [2H]c1c[n+](C)c(-c2c(C)ccc3c2oc2c([N+]#[C-])cc(-c4ccccc4)cc23)cc1C. The molecular weight excluding hydrogens is 368 g/mol. The Balaban J connectivity index is 1.87. The molecule has 2 heterocycles. The number of furan rings is 1. The number of aryl methyl sites for hydroxylation is 3. The fourth-order valence-corrected chi connectivity index (χ4v) is 4.09. The first-order valence-corrected chi connectivity index (χ1v) is 9.88. The van der Waals surface area contributed by atoms with Crippen LogP contribution in [0.3, 0.4) is 0 Å². The highest BCUT2D eigenvalue weighted by Crippen LogP contribution is 2.42. The average Bonchev–Trinajstić information content (AvgIpc) is 3.15. The normalized spacial score (nSPS) is 11.6. The van der Waals surface area contributed by atoms with Crippen molar-refractivity contribution in [1.82, 2.24) is 0 Å². The molecule has 0 N–H and O–H groups in total. The van der Waals surface area contributed by atoms with Gasteiger partial charge in [-0.25, -0.2) is 9.41 Å². The lowest BCUT2D eigenvalue weighted by atomic mass is 9.98. The molecule has 0 amide bonds. The monoisotopic (exact) mass is 390 g/mol. The zero-order chi connectivity index (χ0) is 21.7. The van der Waals surface area contributed by atoms with E-state index in [0.717, 1.165) is 49.9 Å². The van der Waals surface area contributed by atoms with E-state index in [4.69, 9.17) is 12.4 Å². The molecule has 30 heavy (non-hydrogen) atoms. The van der Waals surface area contributed by atoms with Crippen LogP contribution in [-0.4, -0.2) is 0 Å². The smallest absolute Gasteiger partial charge is 0.230 e. The molecule has 0 fully saturated rings. The minimum atomic E-state index is 0.503. The maximum atomic E-state index is 8.10. The van der Waals surface area contributed by atoms with E-state index in [1.54, 1.807) is 0 Å². The molecule has 5 rings (SSSR count). The van der Waals surface area contributed by atoms with Crippen LogP contribution < -0.4 is 4.57 Å². The van der Waals surface area contributed by atoms with Gasteiger partial charge in [0.15, 0.2) is 6.20 Å². The molecule has 0 unspecified atom stereocenters. The standard InChI is InChI=1S/C27H21N2O/c1-17-12-13-29(4)24(14-17)25-18(2)10-11-21-22-15-20(19-8-6-5-7-9-19)16-23(28-3)26(22)30-27(21)25/h5-16H,1-2,4H3/q+1/i12D. The van der Waals surface area contributed by atoms with Crippen molar-refractivity contribution in [3.05, 3.63) is 95.4 Å². The van der Waals surface area contributed by atoms with Crippen LogP contribution >= 0.6 is 0 Å². The number of fused-ring (bicyclic) bond motifs is 3. The van der Waals surface area contributed by atoms with Gasteiger partial charge in [-0.1, -0.05) is 42.5 Å². The molecule has 0 atom stereocenters. The van der Waals surface area contributed by atoms with Crippen molar-refractivity contribution in [3.8, 4) is 22.4 Å². The largest absolute Gasteiger partial charge is 0.466 e. The molecule has 144 valence electrons. The summed E-state index contributed by atoms with van der Waals surface area (Å²) < 4.78 is 16.5. The van der Waals surface area contributed by atoms with Crippen LogP contribution in [0.25, 0.3) is 49.2 Å². The fraction of sp³-hybridized carbons (Fsp3) is 0.111. The van der Waals surface area contributed by atoms with E-state index in [2.05, 4.69) is 42.1 Å². The van der Waals surface area contributed by atoms with Crippen molar-refractivity contribution in [3.63, 3.8) is 0 Å². The van der Waals surface area contributed by atoms with E-state index < -0.39 is 0 Å². The Hall–Kier alpha value is -3.90. The molecule has 0 aliphatic rings. The van der Waals surface area contributed by atoms with Gasteiger partial charge in [0.05, 0.1) is 13.5 Å². The second kappa shape index (κ2) is 6.86. The third-order valence-electron chi connectivity index (χ3n) is 5.63. The van der Waals surface area contributed by atoms with E-state index in [1.807, 2.05) is 55.1 Å². The molecule has 3 heteroatoms. The van der Waals surface area contributed by atoms with Gasteiger partial charge in [-0.2, -0.15) is 0 Å². The lowest BCUT2D eigenvalue weighted by Crippen LogP contribution is -2.30. The second-order valence-electron chi connectivity index (χ2n) is 7.68. The number of pyridine rings is 1. The topological polar surface area (TPSA) is 21.4 Å². The highest BCUT2D eigenvalue weighted by Gasteiger charge is 2.22. The van der Waals surface area contributed by atoms with Crippen molar-refractivity contribution in [2.45, 2.75) is 13.8 Å². The summed E-state index contributed by atoms with van der Waals surface area (Å²) in [5.74, 6) is 0. The third-order valence-corrected chi connectivity index (χ3v) is 5.63. The summed E-state index contributed by atoms with van der Waals surface area (Å²) in [5.41, 5.74) is 7.97. The summed E-state index contributed by atoms with van der Waals surface area (Å²) in [7, 11) is 1.95. The lowest BCUT2D eigenvalue weighted by molar-refractivity contribution is -0.660. The predicted octanol–water partition coefficient (Wildman–Crippen LogP) is 6.91. The Labute approximate surface area is 177 Å². The molecule has 5 aromatic rings. The Bertz CT molecular complexity index is 1530. The van der Waals surface area contributed by atoms with Crippen LogP contribution in [0.15, 0.2) is 77.3 Å². The zero-order valence-corrected chi connectivity index (χ0v) is 17.2. The number of hydrogen-bond donors (Lipinski definition) is 0. The van der Waals surface area contributed by atoms with Gasteiger partial charge in [-0.05, 0) is 48.2 Å². The van der Waals surface area contributed by atoms with Crippen LogP contribution in [0.2, 0.25) is 0 Å². The van der Waals surface area contributed by atoms with E-state index in [9.17, 15) is 0 Å². The zero-order valence-electron chi connectivity index (χ0n) is 18.2. The number of benzene rings is 3. The van der Waals surface area contributed by atoms with Gasteiger partial charge in [0, 0.05) is 22.9 Å². The average molecular weight is 390 g/mol. The molecule has 0 saturated heterocycles. The Morgan fingerprint density at radius 1 is 0.933 bits per heavy atom. The maximum absolute atomic E-state index is 8.10. The molecule has 0 bridgehead atoms. The van der Waals surface area contributed by atoms with Gasteiger partial charge in [0.2, 0.25) is 11.4 Å². The third kappa shape index (κ3) is 2.77. The van der Waals surface area contributed by atoms with Gasteiger partial charge in [0.1, 0.15) is 18.2 Å². The van der Waals surface area contributed by atoms with Gasteiger partial charge in [0.25, 0.3) is 0 Å². The summed E-state index contributed by atoms with van der Waals surface area (Å²) >= 11 is 0. The van der Waals surface area contributed by atoms with Gasteiger partial charge in [-0.3, -0.25) is 0 Å². The Morgan fingerprint density at radius 3 is 2.50 bits per heavy atom. The molecular formula is C27H21N2O+. The van der Waals surface area contributed by atoms with Crippen molar-refractivity contribution in [2.75, 3.05) is 0 Å². The molecule has 3 aromatic carbocycles. The van der Waals surface area contributed by atoms with Gasteiger partial charge >= 0.3 is 0 Å². The molecule has 0 aliphatic heterocycles. The van der Waals surface area contributed by atoms with E-state index >= 15 is 0 Å². The van der Waals surface area contributed by atoms with Gasteiger partial charge < -0.3 is 4.42 Å². The van der Waals surface area contributed by atoms with Crippen LogP contribution in [-0.2, 0) is 7.05 Å².